The number of ether oxygens (including phenoxy) is 2. The summed E-state index contributed by atoms with van der Waals surface area (Å²) < 4.78 is 9.94. The fourth-order valence-corrected chi connectivity index (χ4v) is 1.20. The zero-order valence-electron chi connectivity index (χ0n) is 10.0. The van der Waals surface area contributed by atoms with Crippen LogP contribution in [0.1, 0.15) is 6.92 Å². The van der Waals surface area contributed by atoms with Gasteiger partial charge in [-0.25, -0.2) is 4.79 Å². The molecule has 0 radical (unpaired) electrons. The highest BCUT2D eigenvalue weighted by Gasteiger charge is 2.04. The Labute approximate surface area is 105 Å². The molecule has 0 aliphatic carbocycles. The van der Waals surface area contributed by atoms with Gasteiger partial charge in [0.15, 0.2) is 6.61 Å². The van der Waals surface area contributed by atoms with Gasteiger partial charge in [0.25, 0.3) is 0 Å². The standard InChI is InChI=1S/C12H15NO5/c1-2-17-7-11(14)13-9-4-3-5-10(6-9)18-8-12(15)16/h3-6H,2,7-8H2,1H3,(H,13,14)(H,15,16). The van der Waals surface area contributed by atoms with Crippen molar-refractivity contribution in [3.63, 3.8) is 0 Å². The van der Waals surface area contributed by atoms with Gasteiger partial charge in [-0.1, -0.05) is 6.07 Å². The maximum atomic E-state index is 11.4. The highest BCUT2D eigenvalue weighted by Crippen LogP contribution is 2.17. The average Bonchev–Trinajstić information content (AvgIpc) is 2.34. The highest BCUT2D eigenvalue weighted by atomic mass is 16.5. The number of benzene rings is 1. The summed E-state index contributed by atoms with van der Waals surface area (Å²) in [5, 5.41) is 11.1. The molecule has 6 heteroatoms. The van der Waals surface area contributed by atoms with E-state index >= 15 is 0 Å². The van der Waals surface area contributed by atoms with Crippen molar-refractivity contribution >= 4 is 17.6 Å². The predicted octanol–water partition coefficient (Wildman–Crippen LogP) is 1.12. The number of aliphatic carboxylic acids is 1. The quantitative estimate of drug-likeness (QED) is 0.760. The zero-order valence-corrected chi connectivity index (χ0v) is 10.0. The molecule has 0 bridgehead atoms. The molecule has 98 valence electrons. The van der Waals surface area contributed by atoms with E-state index in [4.69, 9.17) is 14.6 Å². The second-order valence-electron chi connectivity index (χ2n) is 3.40. The number of carbonyl (C=O) groups excluding carboxylic acids is 1. The molecule has 0 heterocycles. The lowest BCUT2D eigenvalue weighted by Gasteiger charge is -2.07. The van der Waals surface area contributed by atoms with E-state index in [0.29, 0.717) is 18.0 Å². The van der Waals surface area contributed by atoms with E-state index in [0.717, 1.165) is 0 Å². The van der Waals surface area contributed by atoms with Gasteiger partial charge >= 0.3 is 5.97 Å². The molecule has 1 aromatic carbocycles. The summed E-state index contributed by atoms with van der Waals surface area (Å²) in [5.74, 6) is -0.945. The van der Waals surface area contributed by atoms with Gasteiger partial charge in [-0.3, -0.25) is 4.79 Å². The van der Waals surface area contributed by atoms with E-state index in [1.807, 2.05) is 0 Å². The van der Waals surface area contributed by atoms with Crippen LogP contribution in [0.25, 0.3) is 0 Å². The number of nitrogens with one attached hydrogen (secondary N) is 1. The predicted molar refractivity (Wildman–Crippen MR) is 64.7 cm³/mol. The zero-order chi connectivity index (χ0) is 13.4. The topological polar surface area (TPSA) is 84.9 Å². The first kappa shape index (κ1) is 14.0. The van der Waals surface area contributed by atoms with Crippen LogP contribution in [0.5, 0.6) is 5.75 Å². The van der Waals surface area contributed by atoms with Crippen molar-refractivity contribution in [2.45, 2.75) is 6.92 Å². The van der Waals surface area contributed by atoms with Crippen LogP contribution >= 0.6 is 0 Å². The van der Waals surface area contributed by atoms with Crippen LogP contribution in [0.2, 0.25) is 0 Å². The van der Waals surface area contributed by atoms with Crippen molar-refractivity contribution in [2.24, 2.45) is 0 Å². The Morgan fingerprint density at radius 1 is 1.33 bits per heavy atom. The van der Waals surface area contributed by atoms with Crippen LogP contribution in [0.3, 0.4) is 0 Å². The molecule has 2 N–H and O–H groups in total. The van der Waals surface area contributed by atoms with Crippen LogP contribution in [-0.4, -0.2) is 36.8 Å². The largest absolute Gasteiger partial charge is 0.482 e. The van der Waals surface area contributed by atoms with Crippen molar-refractivity contribution in [1.82, 2.24) is 0 Å². The first-order valence-corrected chi connectivity index (χ1v) is 5.44. The Kier molecular flexibility index (Phi) is 5.66. The summed E-state index contributed by atoms with van der Waals surface area (Å²) in [6.45, 7) is 1.83. The number of amides is 1. The summed E-state index contributed by atoms with van der Waals surface area (Å²) in [6, 6.07) is 6.50. The number of carboxylic acid groups (broad SMARTS) is 1. The van der Waals surface area contributed by atoms with Gasteiger partial charge in [-0.2, -0.15) is 0 Å². The van der Waals surface area contributed by atoms with E-state index in [1.54, 1.807) is 31.2 Å². The summed E-state index contributed by atoms with van der Waals surface area (Å²) in [4.78, 5) is 21.7. The molecule has 6 nitrogen and oxygen atoms in total. The first-order valence-electron chi connectivity index (χ1n) is 5.44. The molecular weight excluding hydrogens is 238 g/mol. The van der Waals surface area contributed by atoms with E-state index in [-0.39, 0.29) is 12.5 Å². The van der Waals surface area contributed by atoms with Crippen LogP contribution < -0.4 is 10.1 Å². The second-order valence-corrected chi connectivity index (χ2v) is 3.40. The molecule has 1 rings (SSSR count). The summed E-state index contributed by atoms with van der Waals surface area (Å²) in [7, 11) is 0. The minimum absolute atomic E-state index is 0.0172. The van der Waals surface area contributed by atoms with Crippen LogP contribution in [0, 0.1) is 0 Å². The smallest absolute Gasteiger partial charge is 0.341 e. The number of carbonyl (C=O) groups is 2. The lowest BCUT2D eigenvalue weighted by Crippen LogP contribution is -2.18. The van der Waals surface area contributed by atoms with Crippen molar-refractivity contribution in [1.29, 1.82) is 0 Å². The minimum Gasteiger partial charge on any atom is -0.482 e. The van der Waals surface area contributed by atoms with Crippen LogP contribution in [0.4, 0.5) is 5.69 Å². The van der Waals surface area contributed by atoms with Crippen molar-refractivity contribution in [2.75, 3.05) is 25.1 Å². The van der Waals surface area contributed by atoms with Crippen LogP contribution in [0.15, 0.2) is 24.3 Å². The normalized spacial score (nSPS) is 9.83. The Hall–Kier alpha value is -2.08. The number of carboxylic acids is 1. The van der Waals surface area contributed by atoms with E-state index < -0.39 is 12.6 Å². The average molecular weight is 253 g/mol. The van der Waals surface area contributed by atoms with Gasteiger partial charge < -0.3 is 19.9 Å². The minimum atomic E-state index is -1.05. The Morgan fingerprint density at radius 2 is 2.11 bits per heavy atom. The number of hydrogen-bond acceptors (Lipinski definition) is 4. The van der Waals surface area contributed by atoms with E-state index in [1.165, 1.54) is 0 Å². The van der Waals surface area contributed by atoms with Gasteiger partial charge in [0.1, 0.15) is 12.4 Å². The lowest BCUT2D eigenvalue weighted by atomic mass is 10.3. The van der Waals surface area contributed by atoms with Gasteiger partial charge in [-0.15, -0.1) is 0 Å². The molecule has 0 unspecified atom stereocenters. The highest BCUT2D eigenvalue weighted by molar-refractivity contribution is 5.91. The maximum Gasteiger partial charge on any atom is 0.341 e. The van der Waals surface area contributed by atoms with Gasteiger partial charge in [0.2, 0.25) is 5.91 Å². The Bertz CT molecular complexity index is 419. The van der Waals surface area contributed by atoms with Gasteiger partial charge in [-0.05, 0) is 19.1 Å². The Balaban J connectivity index is 2.53. The molecule has 18 heavy (non-hydrogen) atoms. The van der Waals surface area contributed by atoms with Gasteiger partial charge in [0, 0.05) is 18.4 Å². The molecular formula is C12H15NO5. The Morgan fingerprint density at radius 3 is 2.78 bits per heavy atom. The third-order valence-electron chi connectivity index (χ3n) is 1.92. The van der Waals surface area contributed by atoms with Gasteiger partial charge in [0.05, 0.1) is 0 Å². The SMILES string of the molecule is CCOCC(=O)Nc1cccc(OCC(=O)O)c1. The molecule has 0 fully saturated rings. The van der Waals surface area contributed by atoms with Crippen molar-refractivity contribution < 1.29 is 24.2 Å². The third-order valence-corrected chi connectivity index (χ3v) is 1.92. The molecule has 0 aromatic heterocycles. The summed E-state index contributed by atoms with van der Waals surface area (Å²) in [6.07, 6.45) is 0. The maximum absolute atomic E-state index is 11.4. The molecule has 1 amide bonds. The van der Waals surface area contributed by atoms with E-state index in [9.17, 15) is 9.59 Å². The molecule has 0 aliphatic rings. The third kappa shape index (κ3) is 5.31. The fraction of sp³-hybridized carbons (Fsp3) is 0.333. The number of anilines is 1. The molecule has 0 aliphatic heterocycles. The summed E-state index contributed by atoms with van der Waals surface area (Å²) >= 11 is 0. The second kappa shape index (κ2) is 7.29. The summed E-state index contributed by atoms with van der Waals surface area (Å²) in [5.41, 5.74) is 0.530. The number of hydrogen-bond donors (Lipinski definition) is 2. The fourth-order valence-electron chi connectivity index (χ4n) is 1.20. The molecule has 0 spiro atoms. The van der Waals surface area contributed by atoms with Crippen molar-refractivity contribution in [3.05, 3.63) is 24.3 Å². The molecule has 1 aromatic rings. The van der Waals surface area contributed by atoms with E-state index in [2.05, 4.69) is 5.32 Å². The monoisotopic (exact) mass is 253 g/mol. The van der Waals surface area contributed by atoms with Crippen LogP contribution in [-0.2, 0) is 14.3 Å². The molecule has 0 saturated heterocycles. The van der Waals surface area contributed by atoms with Crippen molar-refractivity contribution in [3.8, 4) is 5.75 Å². The number of rotatable bonds is 7. The lowest BCUT2D eigenvalue weighted by molar-refractivity contribution is -0.139. The molecule has 0 saturated carbocycles. The molecule has 0 atom stereocenters. The first-order chi connectivity index (χ1) is 8.61.